The van der Waals surface area contributed by atoms with E-state index in [9.17, 15) is 13.2 Å². The van der Waals surface area contributed by atoms with Gasteiger partial charge in [-0.3, -0.25) is 4.79 Å². The highest BCUT2D eigenvalue weighted by molar-refractivity contribution is 7.92. The molecule has 0 aromatic heterocycles. The number of sulfone groups is 1. The number of anilines is 1. The normalized spacial score (nSPS) is 11.3. The van der Waals surface area contributed by atoms with Gasteiger partial charge in [-0.2, -0.15) is 0 Å². The number of benzene rings is 1. The first-order valence-electron chi connectivity index (χ1n) is 5.30. The molecule has 0 bridgehead atoms. The summed E-state index contributed by atoms with van der Waals surface area (Å²) < 4.78 is 22.8. The van der Waals surface area contributed by atoms with Crippen molar-refractivity contribution in [3.8, 4) is 0 Å². The maximum atomic E-state index is 11.6. The fourth-order valence-corrected chi connectivity index (χ4v) is 2.51. The molecule has 3 N–H and O–H groups in total. The predicted molar refractivity (Wildman–Crippen MR) is 72.5 cm³/mol. The van der Waals surface area contributed by atoms with E-state index in [1.54, 1.807) is 25.1 Å². The van der Waals surface area contributed by atoms with Gasteiger partial charge in [-0.05, 0) is 24.6 Å². The molecule has 0 heterocycles. The molecule has 0 saturated carbocycles. The summed E-state index contributed by atoms with van der Waals surface area (Å²) in [4.78, 5) is 11.6. The van der Waals surface area contributed by atoms with Gasteiger partial charge >= 0.3 is 0 Å². The highest BCUT2D eigenvalue weighted by atomic mass is 35.5. The van der Waals surface area contributed by atoms with Crippen LogP contribution < -0.4 is 11.1 Å². The summed E-state index contributed by atoms with van der Waals surface area (Å²) in [5.74, 6) is -1.36. The van der Waals surface area contributed by atoms with Gasteiger partial charge in [0.05, 0.1) is 5.75 Å². The van der Waals surface area contributed by atoms with Crippen molar-refractivity contribution >= 4 is 33.0 Å². The molecule has 0 saturated heterocycles. The van der Waals surface area contributed by atoms with E-state index in [2.05, 4.69) is 5.32 Å². The van der Waals surface area contributed by atoms with Crippen LogP contribution in [0, 0.1) is 6.92 Å². The lowest BCUT2D eigenvalue weighted by Gasteiger charge is -2.09. The van der Waals surface area contributed by atoms with Gasteiger partial charge in [-0.25, -0.2) is 8.42 Å². The first-order chi connectivity index (χ1) is 8.34. The van der Waals surface area contributed by atoms with E-state index in [0.717, 1.165) is 5.56 Å². The Hall–Kier alpha value is -1.11. The SMILES string of the molecule is Cc1ccc(Cl)cc1NC(=O)CS(=O)(=O)CCN. The van der Waals surface area contributed by atoms with Crippen molar-refractivity contribution in [3.05, 3.63) is 28.8 Å². The van der Waals surface area contributed by atoms with Crippen LogP contribution in [0.4, 0.5) is 5.69 Å². The van der Waals surface area contributed by atoms with Crippen LogP contribution in [-0.4, -0.2) is 32.4 Å². The van der Waals surface area contributed by atoms with E-state index in [1.807, 2.05) is 0 Å². The van der Waals surface area contributed by atoms with Gasteiger partial charge in [0.2, 0.25) is 5.91 Å². The topological polar surface area (TPSA) is 89.3 Å². The summed E-state index contributed by atoms with van der Waals surface area (Å²) in [5, 5.41) is 3.00. The predicted octanol–water partition coefficient (Wildman–Crippen LogP) is 0.960. The molecule has 0 aliphatic heterocycles. The Morgan fingerprint density at radius 2 is 2.11 bits per heavy atom. The first kappa shape index (κ1) is 14.9. The molecule has 18 heavy (non-hydrogen) atoms. The smallest absolute Gasteiger partial charge is 0.239 e. The van der Waals surface area contributed by atoms with Gasteiger partial charge in [0.25, 0.3) is 0 Å². The summed E-state index contributed by atoms with van der Waals surface area (Å²) in [6.07, 6.45) is 0. The van der Waals surface area contributed by atoms with Crippen LogP contribution in [0.25, 0.3) is 0 Å². The molecule has 0 aliphatic rings. The summed E-state index contributed by atoms with van der Waals surface area (Å²) in [6, 6.07) is 5.01. The fraction of sp³-hybridized carbons (Fsp3) is 0.364. The summed E-state index contributed by atoms with van der Waals surface area (Å²) in [6.45, 7) is 1.80. The molecule has 1 aromatic rings. The number of nitrogens with one attached hydrogen (secondary N) is 1. The van der Waals surface area contributed by atoms with Gasteiger partial charge in [-0.1, -0.05) is 17.7 Å². The highest BCUT2D eigenvalue weighted by Crippen LogP contribution is 2.20. The monoisotopic (exact) mass is 290 g/mol. The quantitative estimate of drug-likeness (QED) is 0.845. The Morgan fingerprint density at radius 3 is 2.72 bits per heavy atom. The maximum absolute atomic E-state index is 11.6. The molecule has 0 radical (unpaired) electrons. The lowest BCUT2D eigenvalue weighted by Crippen LogP contribution is -2.27. The standard InChI is InChI=1S/C11H15ClN2O3S/c1-8-2-3-9(12)6-10(8)14-11(15)7-18(16,17)5-4-13/h2-3,6H,4-5,7,13H2,1H3,(H,14,15). The number of amides is 1. The summed E-state index contributed by atoms with van der Waals surface area (Å²) >= 11 is 5.80. The van der Waals surface area contributed by atoms with Crippen LogP contribution >= 0.6 is 11.6 Å². The number of nitrogens with two attached hydrogens (primary N) is 1. The fourth-order valence-electron chi connectivity index (χ4n) is 1.37. The molecule has 0 atom stereocenters. The largest absolute Gasteiger partial charge is 0.329 e. The van der Waals surface area contributed by atoms with E-state index in [1.165, 1.54) is 0 Å². The lowest BCUT2D eigenvalue weighted by molar-refractivity contribution is -0.113. The van der Waals surface area contributed by atoms with Crippen molar-refractivity contribution in [2.75, 3.05) is 23.4 Å². The number of halogens is 1. The zero-order valence-corrected chi connectivity index (χ0v) is 11.5. The van der Waals surface area contributed by atoms with Crippen molar-refractivity contribution in [1.82, 2.24) is 0 Å². The zero-order valence-electron chi connectivity index (χ0n) is 9.94. The van der Waals surface area contributed by atoms with Gasteiger partial charge in [0, 0.05) is 17.3 Å². The molecule has 0 fully saturated rings. The highest BCUT2D eigenvalue weighted by Gasteiger charge is 2.16. The first-order valence-corrected chi connectivity index (χ1v) is 7.50. The minimum Gasteiger partial charge on any atom is -0.329 e. The van der Waals surface area contributed by atoms with Crippen molar-refractivity contribution in [2.24, 2.45) is 5.73 Å². The molecule has 1 aromatic carbocycles. The molecular weight excluding hydrogens is 276 g/mol. The Labute approximate surface area is 111 Å². The van der Waals surface area contributed by atoms with E-state index < -0.39 is 21.5 Å². The molecular formula is C11H15ClN2O3S. The Morgan fingerprint density at radius 1 is 1.44 bits per heavy atom. The van der Waals surface area contributed by atoms with Crippen LogP contribution in [0.15, 0.2) is 18.2 Å². The average Bonchev–Trinajstić information content (AvgIpc) is 2.22. The van der Waals surface area contributed by atoms with Crippen molar-refractivity contribution in [2.45, 2.75) is 6.92 Å². The molecule has 1 rings (SSSR count). The van der Waals surface area contributed by atoms with E-state index >= 15 is 0 Å². The van der Waals surface area contributed by atoms with Crippen molar-refractivity contribution in [3.63, 3.8) is 0 Å². The van der Waals surface area contributed by atoms with Gasteiger partial charge in [-0.15, -0.1) is 0 Å². The Kier molecular flexibility index (Phi) is 5.13. The van der Waals surface area contributed by atoms with Gasteiger partial charge in [0.1, 0.15) is 5.75 Å². The molecule has 0 unspecified atom stereocenters. The van der Waals surface area contributed by atoms with Crippen LogP contribution in [-0.2, 0) is 14.6 Å². The van der Waals surface area contributed by atoms with Crippen LogP contribution in [0.3, 0.4) is 0 Å². The number of hydrogen-bond acceptors (Lipinski definition) is 4. The molecule has 5 nitrogen and oxygen atoms in total. The number of carbonyl (C=O) groups is 1. The maximum Gasteiger partial charge on any atom is 0.239 e. The molecule has 7 heteroatoms. The van der Waals surface area contributed by atoms with E-state index in [-0.39, 0.29) is 12.3 Å². The minimum atomic E-state index is -3.44. The van der Waals surface area contributed by atoms with E-state index in [0.29, 0.717) is 10.7 Å². The second-order valence-electron chi connectivity index (χ2n) is 3.89. The summed E-state index contributed by atoms with van der Waals surface area (Å²) in [7, 11) is -3.44. The molecule has 100 valence electrons. The second kappa shape index (κ2) is 6.17. The van der Waals surface area contributed by atoms with Crippen LogP contribution in [0.5, 0.6) is 0 Å². The van der Waals surface area contributed by atoms with Crippen molar-refractivity contribution < 1.29 is 13.2 Å². The third kappa shape index (κ3) is 4.64. The molecule has 0 spiro atoms. The number of rotatable bonds is 5. The number of aryl methyl sites for hydroxylation is 1. The minimum absolute atomic E-state index is 0.00576. The Bertz CT molecular complexity index is 543. The number of hydrogen-bond donors (Lipinski definition) is 2. The average molecular weight is 291 g/mol. The van der Waals surface area contributed by atoms with Crippen LogP contribution in [0.2, 0.25) is 5.02 Å². The third-order valence-corrected chi connectivity index (χ3v) is 4.05. The van der Waals surface area contributed by atoms with Gasteiger partial charge < -0.3 is 11.1 Å². The molecule has 1 amide bonds. The van der Waals surface area contributed by atoms with Crippen LogP contribution in [0.1, 0.15) is 5.56 Å². The lowest BCUT2D eigenvalue weighted by atomic mass is 10.2. The second-order valence-corrected chi connectivity index (χ2v) is 6.51. The van der Waals surface area contributed by atoms with Crippen molar-refractivity contribution in [1.29, 1.82) is 0 Å². The summed E-state index contributed by atoms with van der Waals surface area (Å²) in [5.41, 5.74) is 6.48. The van der Waals surface area contributed by atoms with Gasteiger partial charge in [0.15, 0.2) is 9.84 Å². The van der Waals surface area contributed by atoms with E-state index in [4.69, 9.17) is 17.3 Å². The zero-order chi connectivity index (χ0) is 13.8. The Balaban J connectivity index is 2.74. The number of carbonyl (C=O) groups excluding carboxylic acids is 1. The third-order valence-electron chi connectivity index (χ3n) is 2.25. The molecule has 0 aliphatic carbocycles.